The molecule has 1 N–H and O–H groups in total. The molecule has 8 heteroatoms. The van der Waals surface area contributed by atoms with Gasteiger partial charge in [-0.3, -0.25) is 14.4 Å². The van der Waals surface area contributed by atoms with Crippen LogP contribution in [0.1, 0.15) is 29.1 Å². The van der Waals surface area contributed by atoms with E-state index >= 15 is 0 Å². The Bertz CT molecular complexity index is 789. The van der Waals surface area contributed by atoms with Gasteiger partial charge in [-0.15, -0.1) is 23.1 Å². The number of anilines is 1. The van der Waals surface area contributed by atoms with Gasteiger partial charge in [0.1, 0.15) is 0 Å². The van der Waals surface area contributed by atoms with Gasteiger partial charge in [-0.25, -0.2) is 0 Å². The van der Waals surface area contributed by atoms with Crippen LogP contribution in [0.15, 0.2) is 41.8 Å². The van der Waals surface area contributed by atoms with E-state index in [0.29, 0.717) is 24.3 Å². The Morgan fingerprint density at radius 2 is 1.93 bits per heavy atom. The lowest BCUT2D eigenvalue weighted by atomic mass is 10.1. The highest BCUT2D eigenvalue weighted by molar-refractivity contribution is 7.99. The molecule has 0 fully saturated rings. The van der Waals surface area contributed by atoms with Crippen LogP contribution in [-0.4, -0.2) is 48.1 Å². The van der Waals surface area contributed by atoms with Crippen LogP contribution < -0.4 is 5.32 Å². The fourth-order valence-corrected chi connectivity index (χ4v) is 4.10. The molecule has 0 bridgehead atoms. The molecule has 1 aromatic carbocycles. The monoisotopic (exact) mass is 420 g/mol. The number of carbonyl (C=O) groups is 3. The molecule has 1 aromatic heterocycles. The summed E-state index contributed by atoms with van der Waals surface area (Å²) in [6.45, 7) is 4.71. The maximum Gasteiger partial charge on any atom is 0.316 e. The molecule has 0 radical (unpaired) electrons. The number of thioether (sulfide) groups is 1. The molecule has 0 aliphatic carbocycles. The molecule has 28 heavy (non-hydrogen) atoms. The highest BCUT2D eigenvalue weighted by Crippen LogP contribution is 2.17. The Kier molecular flexibility index (Phi) is 9.03. The molecule has 0 spiro atoms. The normalized spacial score (nSPS) is 10.4. The van der Waals surface area contributed by atoms with Gasteiger partial charge in [0, 0.05) is 35.0 Å². The van der Waals surface area contributed by atoms with Crippen LogP contribution in [0.3, 0.4) is 0 Å². The maximum atomic E-state index is 12.4. The van der Waals surface area contributed by atoms with Gasteiger partial charge < -0.3 is 15.0 Å². The Balaban J connectivity index is 1.77. The number of esters is 1. The van der Waals surface area contributed by atoms with Gasteiger partial charge in [-0.05, 0) is 43.5 Å². The predicted octanol–water partition coefficient (Wildman–Crippen LogP) is 3.65. The molecule has 0 atom stereocenters. The van der Waals surface area contributed by atoms with Crippen molar-refractivity contribution in [2.75, 3.05) is 30.8 Å². The van der Waals surface area contributed by atoms with Gasteiger partial charge in [0.15, 0.2) is 6.61 Å². The summed E-state index contributed by atoms with van der Waals surface area (Å²) in [6.07, 6.45) is 0. The molecule has 0 aliphatic heterocycles. The van der Waals surface area contributed by atoms with Gasteiger partial charge in [0.25, 0.3) is 11.8 Å². The second kappa shape index (κ2) is 11.5. The number of nitrogens with one attached hydrogen (secondary N) is 1. The zero-order valence-corrected chi connectivity index (χ0v) is 17.6. The predicted molar refractivity (Wildman–Crippen MR) is 114 cm³/mol. The van der Waals surface area contributed by atoms with Crippen molar-refractivity contribution in [3.8, 4) is 0 Å². The Labute approximate surface area is 173 Å². The van der Waals surface area contributed by atoms with Crippen molar-refractivity contribution < 1.29 is 19.1 Å². The summed E-state index contributed by atoms with van der Waals surface area (Å²) in [4.78, 5) is 39.0. The van der Waals surface area contributed by atoms with E-state index < -0.39 is 11.9 Å². The Morgan fingerprint density at radius 3 is 2.61 bits per heavy atom. The molecule has 2 amide bonds. The van der Waals surface area contributed by atoms with E-state index in [4.69, 9.17) is 4.74 Å². The number of nitrogens with zero attached hydrogens (tertiary/aromatic N) is 1. The molecular formula is C20H24N2O4S2. The summed E-state index contributed by atoms with van der Waals surface area (Å²) in [5.41, 5.74) is 0.995. The first kappa shape index (κ1) is 22.0. The Morgan fingerprint density at radius 1 is 1.14 bits per heavy atom. The zero-order chi connectivity index (χ0) is 20.4. The van der Waals surface area contributed by atoms with E-state index in [0.717, 1.165) is 5.75 Å². The highest BCUT2D eigenvalue weighted by atomic mass is 32.2. The first-order valence-corrected chi connectivity index (χ1v) is 11.0. The summed E-state index contributed by atoms with van der Waals surface area (Å²) < 4.78 is 5.00. The minimum atomic E-state index is -0.441. The smallest absolute Gasteiger partial charge is 0.316 e. The number of ether oxygens (including phenoxy) is 1. The number of benzene rings is 1. The number of rotatable bonds is 10. The third-order valence-corrected chi connectivity index (χ3v) is 5.87. The van der Waals surface area contributed by atoms with Crippen LogP contribution in [0.4, 0.5) is 5.69 Å². The van der Waals surface area contributed by atoms with E-state index in [1.54, 1.807) is 40.5 Å². The van der Waals surface area contributed by atoms with Crippen molar-refractivity contribution in [1.82, 2.24) is 4.90 Å². The largest absolute Gasteiger partial charge is 0.455 e. The van der Waals surface area contributed by atoms with Crippen molar-refractivity contribution in [3.05, 3.63) is 52.2 Å². The number of carbonyl (C=O) groups excluding carboxylic acids is 3. The van der Waals surface area contributed by atoms with Crippen molar-refractivity contribution in [2.45, 2.75) is 19.6 Å². The Hall–Kier alpha value is -2.32. The molecule has 0 aliphatic rings. The lowest BCUT2D eigenvalue weighted by Crippen LogP contribution is -2.30. The van der Waals surface area contributed by atoms with Crippen LogP contribution in [0, 0.1) is 0 Å². The van der Waals surface area contributed by atoms with Crippen LogP contribution >= 0.6 is 23.1 Å². The quantitative estimate of drug-likeness (QED) is 0.594. The van der Waals surface area contributed by atoms with Gasteiger partial charge in [0.05, 0.1) is 5.75 Å². The average Bonchev–Trinajstić information content (AvgIpc) is 3.21. The summed E-state index contributed by atoms with van der Waals surface area (Å²) >= 11 is 3.09. The van der Waals surface area contributed by atoms with Crippen LogP contribution in [0.5, 0.6) is 0 Å². The van der Waals surface area contributed by atoms with E-state index in [-0.39, 0.29) is 18.3 Å². The number of hydrogen-bond acceptors (Lipinski definition) is 6. The minimum absolute atomic E-state index is 0.0877. The summed E-state index contributed by atoms with van der Waals surface area (Å²) in [5.74, 6) is -0.0211. The maximum absolute atomic E-state index is 12.4. The topological polar surface area (TPSA) is 75.7 Å². The third kappa shape index (κ3) is 7.01. The van der Waals surface area contributed by atoms with Crippen molar-refractivity contribution in [1.29, 1.82) is 0 Å². The van der Waals surface area contributed by atoms with E-state index in [1.165, 1.54) is 16.6 Å². The molecule has 0 unspecified atom stereocenters. The van der Waals surface area contributed by atoms with Gasteiger partial charge in [0.2, 0.25) is 0 Å². The second-order valence-electron chi connectivity index (χ2n) is 5.84. The van der Waals surface area contributed by atoms with Crippen molar-refractivity contribution >= 4 is 46.6 Å². The standard InChI is InChI=1S/C20H24N2O4S2/c1-3-22(4-2)20(25)15-7-5-8-16(11-15)21-18(23)12-26-19(24)14-27-13-17-9-6-10-28-17/h5-11H,3-4,12-14H2,1-2H3,(H,21,23). The molecular weight excluding hydrogens is 396 g/mol. The van der Waals surface area contributed by atoms with Gasteiger partial charge in [-0.1, -0.05) is 12.1 Å². The molecule has 2 rings (SSSR count). The fraction of sp³-hybridized carbons (Fsp3) is 0.350. The molecule has 0 saturated carbocycles. The van der Waals surface area contributed by atoms with E-state index in [1.807, 2.05) is 31.4 Å². The first-order chi connectivity index (χ1) is 13.5. The number of thiophene rings is 1. The van der Waals surface area contributed by atoms with Crippen molar-refractivity contribution in [2.24, 2.45) is 0 Å². The summed E-state index contributed by atoms with van der Waals surface area (Å²) in [7, 11) is 0. The molecule has 6 nitrogen and oxygen atoms in total. The molecule has 0 saturated heterocycles. The lowest BCUT2D eigenvalue weighted by Gasteiger charge is -2.19. The first-order valence-electron chi connectivity index (χ1n) is 8.98. The molecule has 2 aromatic rings. The minimum Gasteiger partial charge on any atom is -0.455 e. The van der Waals surface area contributed by atoms with Crippen LogP contribution in [0.25, 0.3) is 0 Å². The van der Waals surface area contributed by atoms with Gasteiger partial charge >= 0.3 is 5.97 Å². The third-order valence-electron chi connectivity index (χ3n) is 3.85. The number of hydrogen-bond donors (Lipinski definition) is 1. The lowest BCUT2D eigenvalue weighted by molar-refractivity contribution is -0.144. The summed E-state index contributed by atoms with van der Waals surface area (Å²) in [5, 5.41) is 4.64. The van der Waals surface area contributed by atoms with Crippen LogP contribution in [0.2, 0.25) is 0 Å². The van der Waals surface area contributed by atoms with E-state index in [9.17, 15) is 14.4 Å². The SMILES string of the molecule is CCN(CC)C(=O)c1cccc(NC(=O)COC(=O)CSCc2cccs2)c1. The molecule has 150 valence electrons. The average molecular weight is 421 g/mol. The van der Waals surface area contributed by atoms with Crippen molar-refractivity contribution in [3.63, 3.8) is 0 Å². The highest BCUT2D eigenvalue weighted by Gasteiger charge is 2.14. The van der Waals surface area contributed by atoms with Gasteiger partial charge in [-0.2, -0.15) is 0 Å². The summed E-state index contributed by atoms with van der Waals surface area (Å²) in [6, 6.07) is 10.7. The van der Waals surface area contributed by atoms with E-state index in [2.05, 4.69) is 5.32 Å². The number of amides is 2. The fourth-order valence-electron chi connectivity index (χ4n) is 2.44. The zero-order valence-electron chi connectivity index (χ0n) is 16.0. The van der Waals surface area contributed by atoms with Crippen LogP contribution in [-0.2, 0) is 20.1 Å². The molecule has 1 heterocycles. The second-order valence-corrected chi connectivity index (χ2v) is 7.86.